The van der Waals surface area contributed by atoms with Gasteiger partial charge in [0.15, 0.2) is 0 Å². The second-order valence-electron chi connectivity index (χ2n) is 5.76. The number of aryl methyl sites for hydroxylation is 1. The molecule has 1 saturated heterocycles. The average molecular weight is 314 g/mol. The van der Waals surface area contributed by atoms with Crippen molar-refractivity contribution in [3.05, 3.63) is 53.7 Å². The lowest BCUT2D eigenvalue weighted by atomic mass is 10.0. The standard InChI is InChI=1S/C17H19FN4O/c1-12-10-16(20-11-19-12)21-15-6-8-22(9-7-15)17(23)13-2-4-14(18)5-3-13/h2-5,10-11,15H,6-9H2,1H3,(H,19,20,21). The van der Waals surface area contributed by atoms with Crippen molar-refractivity contribution in [3.63, 3.8) is 0 Å². The molecule has 0 saturated carbocycles. The van der Waals surface area contributed by atoms with Gasteiger partial charge in [0.2, 0.25) is 0 Å². The molecule has 1 amide bonds. The molecule has 0 spiro atoms. The van der Waals surface area contributed by atoms with Crippen molar-refractivity contribution in [2.75, 3.05) is 18.4 Å². The molecule has 3 rings (SSSR count). The maximum absolute atomic E-state index is 12.9. The van der Waals surface area contributed by atoms with E-state index in [0.717, 1.165) is 24.4 Å². The summed E-state index contributed by atoms with van der Waals surface area (Å²) in [6.07, 6.45) is 3.26. The highest BCUT2D eigenvalue weighted by molar-refractivity contribution is 5.94. The largest absolute Gasteiger partial charge is 0.367 e. The Morgan fingerprint density at radius 3 is 2.57 bits per heavy atom. The van der Waals surface area contributed by atoms with E-state index >= 15 is 0 Å². The van der Waals surface area contributed by atoms with Gasteiger partial charge in [0, 0.05) is 36.5 Å². The van der Waals surface area contributed by atoms with E-state index in [-0.39, 0.29) is 11.7 Å². The molecule has 1 aliphatic rings. The van der Waals surface area contributed by atoms with Crippen molar-refractivity contribution < 1.29 is 9.18 Å². The Labute approximate surface area is 134 Å². The molecule has 1 aromatic carbocycles. The summed E-state index contributed by atoms with van der Waals surface area (Å²) >= 11 is 0. The van der Waals surface area contributed by atoms with Crippen LogP contribution in [0.2, 0.25) is 0 Å². The number of nitrogens with one attached hydrogen (secondary N) is 1. The van der Waals surface area contributed by atoms with E-state index in [2.05, 4.69) is 15.3 Å². The Morgan fingerprint density at radius 2 is 1.91 bits per heavy atom. The molecular formula is C17H19FN4O. The third-order valence-electron chi connectivity index (χ3n) is 4.03. The minimum absolute atomic E-state index is 0.0404. The number of amides is 1. The minimum atomic E-state index is -0.329. The highest BCUT2D eigenvalue weighted by atomic mass is 19.1. The summed E-state index contributed by atoms with van der Waals surface area (Å²) in [6, 6.07) is 7.91. The molecule has 5 nitrogen and oxygen atoms in total. The maximum atomic E-state index is 12.9. The van der Waals surface area contributed by atoms with E-state index in [9.17, 15) is 9.18 Å². The van der Waals surface area contributed by atoms with Crippen LogP contribution in [0.25, 0.3) is 0 Å². The highest BCUT2D eigenvalue weighted by Gasteiger charge is 2.23. The van der Waals surface area contributed by atoms with Gasteiger partial charge < -0.3 is 10.2 Å². The number of piperidine rings is 1. The van der Waals surface area contributed by atoms with Crippen LogP contribution in [0.5, 0.6) is 0 Å². The van der Waals surface area contributed by atoms with Crippen molar-refractivity contribution in [2.45, 2.75) is 25.8 Å². The third-order valence-corrected chi connectivity index (χ3v) is 4.03. The molecular weight excluding hydrogens is 295 g/mol. The van der Waals surface area contributed by atoms with Crippen LogP contribution >= 0.6 is 0 Å². The fourth-order valence-electron chi connectivity index (χ4n) is 2.74. The summed E-state index contributed by atoms with van der Waals surface area (Å²) in [6.45, 7) is 3.28. The van der Waals surface area contributed by atoms with E-state index in [1.54, 1.807) is 6.33 Å². The van der Waals surface area contributed by atoms with Gasteiger partial charge in [0.1, 0.15) is 18.0 Å². The summed E-state index contributed by atoms with van der Waals surface area (Å²) in [5.74, 6) is 0.451. The minimum Gasteiger partial charge on any atom is -0.367 e. The molecule has 2 heterocycles. The molecule has 0 aliphatic carbocycles. The summed E-state index contributed by atoms with van der Waals surface area (Å²) in [4.78, 5) is 22.5. The van der Waals surface area contributed by atoms with E-state index in [1.165, 1.54) is 24.3 Å². The summed E-state index contributed by atoms with van der Waals surface area (Å²) in [7, 11) is 0. The molecule has 1 N–H and O–H groups in total. The maximum Gasteiger partial charge on any atom is 0.253 e. The summed E-state index contributed by atoms with van der Waals surface area (Å²) < 4.78 is 12.9. The van der Waals surface area contributed by atoms with Crippen LogP contribution in [0.4, 0.5) is 10.2 Å². The van der Waals surface area contributed by atoms with Gasteiger partial charge in [-0.15, -0.1) is 0 Å². The van der Waals surface area contributed by atoms with Crippen molar-refractivity contribution in [2.24, 2.45) is 0 Å². The molecule has 0 radical (unpaired) electrons. The van der Waals surface area contributed by atoms with Crippen molar-refractivity contribution >= 4 is 11.7 Å². The molecule has 0 atom stereocenters. The number of hydrogen-bond acceptors (Lipinski definition) is 4. The first-order valence-electron chi connectivity index (χ1n) is 7.72. The number of benzene rings is 1. The van der Waals surface area contributed by atoms with Gasteiger partial charge in [-0.2, -0.15) is 0 Å². The Kier molecular flexibility index (Phi) is 4.50. The lowest BCUT2D eigenvalue weighted by molar-refractivity contribution is 0.0718. The number of anilines is 1. The lowest BCUT2D eigenvalue weighted by Gasteiger charge is -2.32. The topological polar surface area (TPSA) is 58.1 Å². The number of aromatic nitrogens is 2. The van der Waals surface area contributed by atoms with Crippen LogP contribution in [0.3, 0.4) is 0 Å². The number of carbonyl (C=O) groups excluding carboxylic acids is 1. The van der Waals surface area contributed by atoms with Crippen LogP contribution in [-0.4, -0.2) is 39.9 Å². The van der Waals surface area contributed by atoms with Crippen LogP contribution in [-0.2, 0) is 0 Å². The quantitative estimate of drug-likeness (QED) is 0.946. The Balaban J connectivity index is 1.55. The molecule has 1 aliphatic heterocycles. The number of carbonyl (C=O) groups is 1. The molecule has 6 heteroatoms. The first-order chi connectivity index (χ1) is 11.1. The van der Waals surface area contributed by atoms with Crippen LogP contribution in [0.15, 0.2) is 36.7 Å². The van der Waals surface area contributed by atoms with E-state index < -0.39 is 0 Å². The molecule has 2 aromatic rings. The zero-order valence-corrected chi connectivity index (χ0v) is 13.0. The number of hydrogen-bond donors (Lipinski definition) is 1. The average Bonchev–Trinajstić information content (AvgIpc) is 2.56. The van der Waals surface area contributed by atoms with Gasteiger partial charge >= 0.3 is 0 Å². The molecule has 1 aromatic heterocycles. The van der Waals surface area contributed by atoms with Crippen molar-refractivity contribution in [3.8, 4) is 0 Å². The summed E-state index contributed by atoms with van der Waals surface area (Å²) in [5.41, 5.74) is 1.45. The SMILES string of the molecule is Cc1cc(NC2CCN(C(=O)c3ccc(F)cc3)CC2)ncn1. The summed E-state index contributed by atoms with van der Waals surface area (Å²) in [5, 5.41) is 3.39. The van der Waals surface area contributed by atoms with E-state index in [4.69, 9.17) is 0 Å². The fraction of sp³-hybridized carbons (Fsp3) is 0.353. The number of likely N-dealkylation sites (tertiary alicyclic amines) is 1. The van der Waals surface area contributed by atoms with Gasteiger partial charge in [-0.05, 0) is 44.0 Å². The third kappa shape index (κ3) is 3.83. The predicted molar refractivity (Wildman–Crippen MR) is 85.7 cm³/mol. The fourth-order valence-corrected chi connectivity index (χ4v) is 2.74. The second-order valence-corrected chi connectivity index (χ2v) is 5.76. The van der Waals surface area contributed by atoms with E-state index in [1.807, 2.05) is 17.9 Å². The smallest absolute Gasteiger partial charge is 0.253 e. The first-order valence-corrected chi connectivity index (χ1v) is 7.72. The zero-order chi connectivity index (χ0) is 16.2. The monoisotopic (exact) mass is 314 g/mol. The normalized spacial score (nSPS) is 15.5. The van der Waals surface area contributed by atoms with Gasteiger partial charge in [-0.1, -0.05) is 0 Å². The van der Waals surface area contributed by atoms with Gasteiger partial charge in [0.05, 0.1) is 0 Å². The molecule has 120 valence electrons. The molecule has 1 fully saturated rings. The Hall–Kier alpha value is -2.50. The van der Waals surface area contributed by atoms with E-state index in [0.29, 0.717) is 24.7 Å². The predicted octanol–water partition coefficient (Wildman–Crippen LogP) is 2.64. The van der Waals surface area contributed by atoms with Crippen molar-refractivity contribution in [1.29, 1.82) is 0 Å². The van der Waals surface area contributed by atoms with Crippen LogP contribution < -0.4 is 5.32 Å². The van der Waals surface area contributed by atoms with Crippen LogP contribution in [0.1, 0.15) is 28.9 Å². The Bertz CT molecular complexity index is 681. The van der Waals surface area contributed by atoms with Gasteiger partial charge in [-0.3, -0.25) is 4.79 Å². The molecule has 0 bridgehead atoms. The number of nitrogens with zero attached hydrogens (tertiary/aromatic N) is 3. The lowest BCUT2D eigenvalue weighted by Crippen LogP contribution is -2.42. The first kappa shape index (κ1) is 15.4. The van der Waals surface area contributed by atoms with Crippen molar-refractivity contribution in [1.82, 2.24) is 14.9 Å². The zero-order valence-electron chi connectivity index (χ0n) is 13.0. The van der Waals surface area contributed by atoms with Gasteiger partial charge in [-0.25, -0.2) is 14.4 Å². The van der Waals surface area contributed by atoms with Crippen LogP contribution in [0, 0.1) is 12.7 Å². The Morgan fingerprint density at radius 1 is 1.22 bits per heavy atom. The number of halogens is 1. The number of rotatable bonds is 3. The molecule has 0 unspecified atom stereocenters. The van der Waals surface area contributed by atoms with Gasteiger partial charge in [0.25, 0.3) is 5.91 Å². The second kappa shape index (κ2) is 6.73. The highest BCUT2D eigenvalue weighted by Crippen LogP contribution is 2.17. The molecule has 23 heavy (non-hydrogen) atoms.